The summed E-state index contributed by atoms with van der Waals surface area (Å²) in [4.78, 5) is 21.0. The van der Waals surface area contributed by atoms with E-state index in [2.05, 4.69) is 0 Å². The number of carbonyl (C=O) groups excluding carboxylic acids is 2. The first-order valence-electron chi connectivity index (χ1n) is 5.24. The second-order valence-corrected chi connectivity index (χ2v) is 3.63. The number of phenols is 1. The van der Waals surface area contributed by atoms with Crippen molar-refractivity contribution in [2.24, 2.45) is 0 Å². The Morgan fingerprint density at radius 3 is 2.06 bits per heavy atom. The number of aldehydes is 2. The lowest BCUT2D eigenvalue weighted by Crippen LogP contribution is -1.87. The highest BCUT2D eigenvalue weighted by Gasteiger charge is 2.05. The number of rotatable bonds is 4. The van der Waals surface area contributed by atoms with Gasteiger partial charge in [0.15, 0.2) is 11.5 Å². The van der Waals surface area contributed by atoms with Gasteiger partial charge < -0.3 is 9.84 Å². The van der Waals surface area contributed by atoms with Gasteiger partial charge in [0.2, 0.25) is 0 Å². The molecule has 0 aliphatic heterocycles. The van der Waals surface area contributed by atoms with E-state index in [1.54, 1.807) is 30.3 Å². The summed E-state index contributed by atoms with van der Waals surface area (Å²) < 4.78 is 5.43. The van der Waals surface area contributed by atoms with E-state index in [1.807, 2.05) is 0 Å². The largest absolute Gasteiger partial charge is 0.504 e. The average Bonchev–Trinajstić information content (AvgIpc) is 2.42. The molecule has 0 unspecified atom stereocenters. The second-order valence-electron chi connectivity index (χ2n) is 3.63. The van der Waals surface area contributed by atoms with Crippen LogP contribution in [0.1, 0.15) is 20.7 Å². The van der Waals surface area contributed by atoms with Crippen LogP contribution in [-0.4, -0.2) is 17.7 Å². The Labute approximate surface area is 103 Å². The lowest BCUT2D eigenvalue weighted by Gasteiger charge is -2.07. The maximum absolute atomic E-state index is 10.5. The van der Waals surface area contributed by atoms with Crippen LogP contribution in [0.2, 0.25) is 0 Å². The van der Waals surface area contributed by atoms with E-state index < -0.39 is 0 Å². The van der Waals surface area contributed by atoms with E-state index in [9.17, 15) is 14.7 Å². The Bertz CT molecular complexity index is 573. The molecule has 2 aromatic rings. The molecule has 0 aliphatic carbocycles. The maximum atomic E-state index is 10.5. The van der Waals surface area contributed by atoms with Gasteiger partial charge in [0.05, 0.1) is 0 Å². The molecule has 18 heavy (non-hydrogen) atoms. The zero-order valence-corrected chi connectivity index (χ0v) is 9.37. The summed E-state index contributed by atoms with van der Waals surface area (Å²) in [7, 11) is 0. The fourth-order valence-corrected chi connectivity index (χ4v) is 1.44. The zero-order valence-electron chi connectivity index (χ0n) is 9.37. The minimum Gasteiger partial charge on any atom is -0.504 e. The third-order valence-corrected chi connectivity index (χ3v) is 2.36. The summed E-state index contributed by atoms with van der Waals surface area (Å²) in [5, 5.41) is 9.64. The molecule has 0 radical (unpaired) electrons. The van der Waals surface area contributed by atoms with Gasteiger partial charge in [-0.05, 0) is 42.5 Å². The number of carbonyl (C=O) groups is 2. The molecule has 0 saturated heterocycles. The van der Waals surface area contributed by atoms with Crippen LogP contribution in [0.25, 0.3) is 0 Å². The Kier molecular flexibility index (Phi) is 3.38. The molecular formula is C14H10O4. The van der Waals surface area contributed by atoms with Crippen LogP contribution in [0, 0.1) is 0 Å². The molecule has 2 rings (SSSR count). The van der Waals surface area contributed by atoms with Crippen molar-refractivity contribution in [3.8, 4) is 17.2 Å². The SMILES string of the molecule is O=Cc1ccc(Oc2ccc(C=O)cc2O)cc1. The molecule has 0 saturated carbocycles. The Balaban J connectivity index is 2.22. The van der Waals surface area contributed by atoms with E-state index in [0.717, 1.165) is 6.29 Å². The van der Waals surface area contributed by atoms with Crippen molar-refractivity contribution in [3.05, 3.63) is 53.6 Å². The topological polar surface area (TPSA) is 63.6 Å². The van der Waals surface area contributed by atoms with Crippen molar-refractivity contribution in [1.82, 2.24) is 0 Å². The predicted molar refractivity (Wildman–Crippen MR) is 65.4 cm³/mol. The van der Waals surface area contributed by atoms with Gasteiger partial charge in [0.25, 0.3) is 0 Å². The third kappa shape index (κ3) is 2.55. The molecular weight excluding hydrogens is 232 g/mol. The first-order chi connectivity index (χ1) is 8.72. The standard InChI is InChI=1S/C14H10O4/c15-8-10-1-4-12(5-2-10)18-14-6-3-11(9-16)7-13(14)17/h1-9,17H. The smallest absolute Gasteiger partial charge is 0.169 e. The number of benzene rings is 2. The monoisotopic (exact) mass is 242 g/mol. The summed E-state index contributed by atoms with van der Waals surface area (Å²) in [5.41, 5.74) is 0.916. The van der Waals surface area contributed by atoms with Crippen molar-refractivity contribution in [1.29, 1.82) is 0 Å². The first kappa shape index (κ1) is 11.9. The third-order valence-electron chi connectivity index (χ3n) is 2.36. The number of phenolic OH excluding ortho intramolecular Hbond substituents is 1. The molecule has 4 nitrogen and oxygen atoms in total. The van der Waals surface area contributed by atoms with Crippen LogP contribution in [0.15, 0.2) is 42.5 Å². The summed E-state index contributed by atoms with van der Waals surface area (Å²) in [6.07, 6.45) is 1.38. The number of aromatic hydroxyl groups is 1. The quantitative estimate of drug-likeness (QED) is 0.837. The van der Waals surface area contributed by atoms with Gasteiger partial charge >= 0.3 is 0 Å². The van der Waals surface area contributed by atoms with Gasteiger partial charge in [-0.15, -0.1) is 0 Å². The molecule has 2 aromatic carbocycles. The van der Waals surface area contributed by atoms with Crippen LogP contribution in [-0.2, 0) is 0 Å². The molecule has 4 heteroatoms. The molecule has 0 heterocycles. The van der Waals surface area contributed by atoms with Crippen molar-refractivity contribution in [2.75, 3.05) is 0 Å². The van der Waals surface area contributed by atoms with Crippen LogP contribution in [0.4, 0.5) is 0 Å². The molecule has 0 aliphatic rings. The number of hydrogen-bond donors (Lipinski definition) is 1. The van der Waals surface area contributed by atoms with E-state index in [0.29, 0.717) is 23.2 Å². The fraction of sp³-hybridized carbons (Fsp3) is 0. The van der Waals surface area contributed by atoms with E-state index in [-0.39, 0.29) is 11.5 Å². The van der Waals surface area contributed by atoms with Gasteiger partial charge in [-0.1, -0.05) is 0 Å². The fourth-order valence-electron chi connectivity index (χ4n) is 1.44. The summed E-state index contributed by atoms with van der Waals surface area (Å²) >= 11 is 0. The van der Waals surface area contributed by atoms with Crippen molar-refractivity contribution >= 4 is 12.6 Å². The predicted octanol–water partition coefficient (Wildman–Crippen LogP) is 2.81. The minimum atomic E-state index is -0.112. The van der Waals surface area contributed by atoms with Crippen LogP contribution < -0.4 is 4.74 Å². The lowest BCUT2D eigenvalue weighted by molar-refractivity contribution is 0.111. The summed E-state index contributed by atoms with van der Waals surface area (Å²) in [5.74, 6) is 0.633. The average molecular weight is 242 g/mol. The Morgan fingerprint density at radius 2 is 1.50 bits per heavy atom. The highest BCUT2D eigenvalue weighted by atomic mass is 16.5. The van der Waals surface area contributed by atoms with Gasteiger partial charge in [0.1, 0.15) is 18.3 Å². The normalized spacial score (nSPS) is 9.78. The van der Waals surface area contributed by atoms with Crippen LogP contribution in [0.3, 0.4) is 0 Å². The van der Waals surface area contributed by atoms with Gasteiger partial charge in [-0.2, -0.15) is 0 Å². The molecule has 0 bridgehead atoms. The van der Waals surface area contributed by atoms with E-state index in [4.69, 9.17) is 4.74 Å². The molecule has 0 fully saturated rings. The number of hydrogen-bond acceptors (Lipinski definition) is 4. The molecule has 0 amide bonds. The second kappa shape index (κ2) is 5.14. The van der Waals surface area contributed by atoms with Crippen LogP contribution in [0.5, 0.6) is 17.2 Å². The van der Waals surface area contributed by atoms with Crippen molar-refractivity contribution < 1.29 is 19.4 Å². The van der Waals surface area contributed by atoms with Crippen LogP contribution >= 0.6 is 0 Å². The number of ether oxygens (including phenoxy) is 1. The lowest BCUT2D eigenvalue weighted by atomic mass is 10.2. The van der Waals surface area contributed by atoms with Gasteiger partial charge in [0, 0.05) is 11.1 Å². The zero-order chi connectivity index (χ0) is 13.0. The highest BCUT2D eigenvalue weighted by molar-refractivity contribution is 5.76. The van der Waals surface area contributed by atoms with Gasteiger partial charge in [-0.3, -0.25) is 9.59 Å². The molecule has 0 atom stereocenters. The molecule has 90 valence electrons. The van der Waals surface area contributed by atoms with E-state index in [1.165, 1.54) is 12.1 Å². The molecule has 0 spiro atoms. The van der Waals surface area contributed by atoms with Gasteiger partial charge in [-0.25, -0.2) is 0 Å². The van der Waals surface area contributed by atoms with E-state index >= 15 is 0 Å². The molecule has 0 aromatic heterocycles. The maximum Gasteiger partial charge on any atom is 0.169 e. The minimum absolute atomic E-state index is 0.112. The Hall–Kier alpha value is -2.62. The molecule has 1 N–H and O–H groups in total. The summed E-state index contributed by atoms with van der Waals surface area (Å²) in [6.45, 7) is 0. The first-order valence-corrected chi connectivity index (χ1v) is 5.24. The Morgan fingerprint density at radius 1 is 0.889 bits per heavy atom. The highest BCUT2D eigenvalue weighted by Crippen LogP contribution is 2.30. The summed E-state index contributed by atoms with van der Waals surface area (Å²) in [6, 6.07) is 10.8. The van der Waals surface area contributed by atoms with Crippen molar-refractivity contribution in [2.45, 2.75) is 0 Å². The van der Waals surface area contributed by atoms with Crippen molar-refractivity contribution in [3.63, 3.8) is 0 Å².